The normalized spacial score (nSPS) is 11.4. The van der Waals surface area contributed by atoms with E-state index in [2.05, 4.69) is 10.3 Å². The van der Waals surface area contributed by atoms with Crippen LogP contribution in [-0.4, -0.2) is 56.7 Å². The number of hydrogen-bond acceptors (Lipinski definition) is 6. The van der Waals surface area contributed by atoms with Crippen molar-refractivity contribution in [1.29, 1.82) is 0 Å². The van der Waals surface area contributed by atoms with Crippen molar-refractivity contribution in [2.24, 2.45) is 0 Å². The molecule has 0 bridgehead atoms. The number of anilines is 1. The molecule has 0 fully saturated rings. The molecule has 0 amide bonds. The van der Waals surface area contributed by atoms with Gasteiger partial charge in [-0.15, -0.1) is 0 Å². The van der Waals surface area contributed by atoms with Gasteiger partial charge in [-0.05, 0) is 19.9 Å². The summed E-state index contributed by atoms with van der Waals surface area (Å²) >= 11 is 0. The molecule has 0 saturated carbocycles. The SMILES string of the molecule is Cc1cc(NC(CO)(CO)CO)c(C(=O)O)c(C)n1. The second-order valence-electron chi connectivity index (χ2n) is 4.46. The van der Waals surface area contributed by atoms with Crippen molar-refractivity contribution in [3.05, 3.63) is 23.0 Å². The van der Waals surface area contributed by atoms with Gasteiger partial charge in [0.15, 0.2) is 0 Å². The van der Waals surface area contributed by atoms with Crippen LogP contribution < -0.4 is 5.32 Å². The molecule has 1 aromatic heterocycles. The number of hydrogen-bond donors (Lipinski definition) is 5. The third-order valence-corrected chi connectivity index (χ3v) is 2.85. The van der Waals surface area contributed by atoms with E-state index in [0.717, 1.165) is 0 Å². The Morgan fingerprint density at radius 3 is 2.21 bits per heavy atom. The third kappa shape index (κ3) is 3.19. The predicted octanol–water partition coefficient (Wildman–Crippen LogP) is -0.476. The van der Waals surface area contributed by atoms with Crippen molar-refractivity contribution < 1.29 is 25.2 Å². The molecule has 0 unspecified atom stereocenters. The van der Waals surface area contributed by atoms with Crippen LogP contribution in [0.3, 0.4) is 0 Å². The molecule has 0 spiro atoms. The van der Waals surface area contributed by atoms with Crippen molar-refractivity contribution >= 4 is 11.7 Å². The van der Waals surface area contributed by atoms with Crippen LogP contribution in [0, 0.1) is 13.8 Å². The lowest BCUT2D eigenvalue weighted by Crippen LogP contribution is -2.49. The summed E-state index contributed by atoms with van der Waals surface area (Å²) in [7, 11) is 0. The predicted molar refractivity (Wildman–Crippen MR) is 68.3 cm³/mol. The van der Waals surface area contributed by atoms with Gasteiger partial charge in [-0.2, -0.15) is 0 Å². The Balaban J connectivity index is 3.30. The highest BCUT2D eigenvalue weighted by atomic mass is 16.4. The van der Waals surface area contributed by atoms with Gasteiger partial charge in [0.2, 0.25) is 0 Å². The van der Waals surface area contributed by atoms with E-state index in [4.69, 9.17) is 0 Å². The number of aryl methyl sites for hydroxylation is 2. The highest BCUT2D eigenvalue weighted by molar-refractivity contribution is 5.95. The summed E-state index contributed by atoms with van der Waals surface area (Å²) in [5, 5.41) is 39.7. The summed E-state index contributed by atoms with van der Waals surface area (Å²) in [5.74, 6) is -1.17. The van der Waals surface area contributed by atoms with Gasteiger partial charge in [-0.3, -0.25) is 4.98 Å². The minimum absolute atomic E-state index is 0.0506. The Kier molecular flexibility index (Phi) is 4.82. The number of nitrogens with zero attached hydrogens (tertiary/aromatic N) is 1. The zero-order chi connectivity index (χ0) is 14.6. The molecule has 0 radical (unpaired) electrons. The van der Waals surface area contributed by atoms with Crippen molar-refractivity contribution in [2.75, 3.05) is 25.1 Å². The number of carboxylic acid groups (broad SMARTS) is 1. The van der Waals surface area contributed by atoms with Crippen LogP contribution >= 0.6 is 0 Å². The van der Waals surface area contributed by atoms with Crippen molar-refractivity contribution in [1.82, 2.24) is 4.98 Å². The summed E-state index contributed by atoms with van der Waals surface area (Å²) in [5.41, 5.74) is -0.324. The Morgan fingerprint density at radius 2 is 1.79 bits per heavy atom. The van der Waals surface area contributed by atoms with E-state index in [1.54, 1.807) is 13.8 Å². The van der Waals surface area contributed by atoms with Crippen LogP contribution in [0.5, 0.6) is 0 Å². The Bertz CT molecular complexity index is 463. The molecule has 0 aliphatic rings. The quantitative estimate of drug-likeness (QED) is 0.473. The maximum Gasteiger partial charge on any atom is 0.339 e. The van der Waals surface area contributed by atoms with Crippen LogP contribution in [0.4, 0.5) is 5.69 Å². The number of pyridine rings is 1. The molecule has 7 heteroatoms. The van der Waals surface area contributed by atoms with Crippen LogP contribution in [0.1, 0.15) is 21.7 Å². The number of aromatic nitrogens is 1. The first kappa shape index (κ1) is 15.4. The fourth-order valence-corrected chi connectivity index (χ4v) is 1.75. The fraction of sp³-hybridized carbons (Fsp3) is 0.500. The molecular formula is C12H18N2O5. The highest BCUT2D eigenvalue weighted by Gasteiger charge is 2.30. The van der Waals surface area contributed by atoms with E-state index >= 15 is 0 Å². The molecule has 1 rings (SSSR count). The van der Waals surface area contributed by atoms with Gasteiger partial charge in [0, 0.05) is 5.69 Å². The molecule has 5 N–H and O–H groups in total. The van der Waals surface area contributed by atoms with E-state index in [0.29, 0.717) is 11.4 Å². The minimum atomic E-state index is -1.38. The summed E-state index contributed by atoms with van der Waals surface area (Å²) < 4.78 is 0. The van der Waals surface area contributed by atoms with Crippen LogP contribution in [0.15, 0.2) is 6.07 Å². The first-order chi connectivity index (χ1) is 8.89. The van der Waals surface area contributed by atoms with Crippen molar-refractivity contribution in [3.8, 4) is 0 Å². The molecule has 0 aromatic carbocycles. The summed E-state index contributed by atoms with van der Waals surface area (Å²) in [6, 6.07) is 1.49. The molecule has 0 aliphatic heterocycles. The Morgan fingerprint density at radius 1 is 1.26 bits per heavy atom. The lowest BCUT2D eigenvalue weighted by molar-refractivity contribution is 0.0691. The topological polar surface area (TPSA) is 123 Å². The monoisotopic (exact) mass is 270 g/mol. The fourth-order valence-electron chi connectivity index (χ4n) is 1.75. The number of aliphatic hydroxyl groups excluding tert-OH is 3. The molecule has 19 heavy (non-hydrogen) atoms. The van der Waals surface area contributed by atoms with Gasteiger partial charge in [-0.1, -0.05) is 0 Å². The van der Waals surface area contributed by atoms with E-state index in [1.807, 2.05) is 0 Å². The smallest absolute Gasteiger partial charge is 0.339 e. The third-order valence-electron chi connectivity index (χ3n) is 2.85. The average molecular weight is 270 g/mol. The first-order valence-electron chi connectivity index (χ1n) is 5.71. The molecule has 1 heterocycles. The van der Waals surface area contributed by atoms with Gasteiger partial charge in [0.05, 0.1) is 31.2 Å². The van der Waals surface area contributed by atoms with E-state index in [-0.39, 0.29) is 11.3 Å². The number of carbonyl (C=O) groups is 1. The second-order valence-corrected chi connectivity index (χ2v) is 4.46. The molecule has 1 aromatic rings. The van der Waals surface area contributed by atoms with E-state index < -0.39 is 31.3 Å². The van der Waals surface area contributed by atoms with Gasteiger partial charge < -0.3 is 25.7 Å². The minimum Gasteiger partial charge on any atom is -0.478 e. The number of carboxylic acids is 1. The molecule has 0 saturated heterocycles. The van der Waals surface area contributed by atoms with Crippen LogP contribution in [0.25, 0.3) is 0 Å². The van der Waals surface area contributed by atoms with Crippen molar-refractivity contribution in [2.45, 2.75) is 19.4 Å². The molecule has 0 atom stereocenters. The summed E-state index contributed by atoms with van der Waals surface area (Å²) in [6.45, 7) is 1.63. The summed E-state index contributed by atoms with van der Waals surface area (Å²) in [4.78, 5) is 15.3. The second kappa shape index (κ2) is 5.96. The Labute approximate surface area is 110 Å². The zero-order valence-electron chi connectivity index (χ0n) is 10.8. The maximum atomic E-state index is 11.2. The average Bonchev–Trinajstić information content (AvgIpc) is 2.34. The highest BCUT2D eigenvalue weighted by Crippen LogP contribution is 2.23. The van der Waals surface area contributed by atoms with Crippen molar-refractivity contribution in [3.63, 3.8) is 0 Å². The molecule has 106 valence electrons. The number of rotatable bonds is 6. The lowest BCUT2D eigenvalue weighted by atomic mass is 10.0. The van der Waals surface area contributed by atoms with Crippen LogP contribution in [-0.2, 0) is 0 Å². The zero-order valence-corrected chi connectivity index (χ0v) is 10.8. The standard InChI is InChI=1S/C12H18N2O5/c1-7-3-9(10(11(18)19)8(2)13-7)14-12(4-15,5-16)6-17/h3,15-17H,4-6H2,1-2H3,(H,13,14)(H,18,19). The van der Waals surface area contributed by atoms with Gasteiger partial charge in [-0.25, -0.2) is 4.79 Å². The largest absolute Gasteiger partial charge is 0.478 e. The van der Waals surface area contributed by atoms with E-state index in [9.17, 15) is 25.2 Å². The van der Waals surface area contributed by atoms with Gasteiger partial charge >= 0.3 is 5.97 Å². The first-order valence-corrected chi connectivity index (χ1v) is 5.71. The maximum absolute atomic E-state index is 11.2. The molecule has 7 nitrogen and oxygen atoms in total. The van der Waals surface area contributed by atoms with Gasteiger partial charge in [0.25, 0.3) is 0 Å². The summed E-state index contributed by atoms with van der Waals surface area (Å²) in [6.07, 6.45) is 0. The van der Waals surface area contributed by atoms with Gasteiger partial charge in [0.1, 0.15) is 11.1 Å². The number of aliphatic hydroxyl groups is 3. The Hall–Kier alpha value is -1.70. The lowest BCUT2D eigenvalue weighted by Gasteiger charge is -2.30. The number of aromatic carboxylic acids is 1. The molecular weight excluding hydrogens is 252 g/mol. The van der Waals surface area contributed by atoms with Crippen LogP contribution in [0.2, 0.25) is 0 Å². The number of nitrogens with one attached hydrogen (secondary N) is 1. The molecule has 0 aliphatic carbocycles. The van der Waals surface area contributed by atoms with E-state index in [1.165, 1.54) is 6.07 Å².